The SMILES string of the molecule is CC(NC(=O)c1sc2ccccc2c1Cl)c1ccccn1. The van der Waals surface area contributed by atoms with Crippen LogP contribution in [0.2, 0.25) is 5.02 Å². The maximum Gasteiger partial charge on any atom is 0.263 e. The first-order chi connectivity index (χ1) is 10.2. The molecule has 0 bridgehead atoms. The Kier molecular flexibility index (Phi) is 3.90. The van der Waals surface area contributed by atoms with Crippen LogP contribution in [-0.2, 0) is 0 Å². The van der Waals surface area contributed by atoms with Crippen molar-refractivity contribution >= 4 is 38.9 Å². The summed E-state index contributed by atoms with van der Waals surface area (Å²) < 4.78 is 1.01. The number of nitrogens with one attached hydrogen (secondary N) is 1. The van der Waals surface area contributed by atoms with E-state index in [9.17, 15) is 4.79 Å². The number of fused-ring (bicyclic) bond motifs is 1. The molecule has 1 N–H and O–H groups in total. The molecule has 0 aliphatic heterocycles. The first kappa shape index (κ1) is 14.0. The number of benzene rings is 1. The summed E-state index contributed by atoms with van der Waals surface area (Å²) in [5, 5.41) is 4.37. The molecule has 0 aliphatic carbocycles. The van der Waals surface area contributed by atoms with Crippen molar-refractivity contribution in [1.82, 2.24) is 10.3 Å². The third-order valence-corrected chi connectivity index (χ3v) is 4.89. The molecule has 0 saturated heterocycles. The minimum absolute atomic E-state index is 0.167. The molecule has 0 aliphatic rings. The van der Waals surface area contributed by atoms with Gasteiger partial charge in [-0.3, -0.25) is 9.78 Å². The Labute approximate surface area is 131 Å². The summed E-state index contributed by atoms with van der Waals surface area (Å²) in [6.45, 7) is 1.90. The number of hydrogen-bond acceptors (Lipinski definition) is 3. The van der Waals surface area contributed by atoms with Crippen molar-refractivity contribution in [3.63, 3.8) is 0 Å². The largest absolute Gasteiger partial charge is 0.343 e. The van der Waals surface area contributed by atoms with Crippen molar-refractivity contribution in [3.05, 3.63) is 64.3 Å². The van der Waals surface area contributed by atoms with Crippen molar-refractivity contribution in [3.8, 4) is 0 Å². The lowest BCUT2D eigenvalue weighted by atomic mass is 10.2. The Bertz CT molecular complexity index is 785. The molecular formula is C16H13ClN2OS. The van der Waals surface area contributed by atoms with Crippen LogP contribution in [0, 0.1) is 0 Å². The van der Waals surface area contributed by atoms with E-state index in [2.05, 4.69) is 10.3 Å². The van der Waals surface area contributed by atoms with Gasteiger partial charge < -0.3 is 5.32 Å². The zero-order chi connectivity index (χ0) is 14.8. The number of thiophene rings is 1. The van der Waals surface area contributed by atoms with Gasteiger partial charge in [-0.05, 0) is 25.1 Å². The predicted octanol–water partition coefficient (Wildman–Crippen LogP) is 4.44. The topological polar surface area (TPSA) is 42.0 Å². The molecule has 3 rings (SSSR count). The van der Waals surface area contributed by atoms with Crippen LogP contribution >= 0.6 is 22.9 Å². The molecule has 0 spiro atoms. The normalized spacial score (nSPS) is 12.3. The summed E-state index contributed by atoms with van der Waals surface area (Å²) in [4.78, 5) is 17.2. The van der Waals surface area contributed by atoms with Crippen molar-refractivity contribution < 1.29 is 4.79 Å². The number of rotatable bonds is 3. The number of halogens is 1. The summed E-state index contributed by atoms with van der Waals surface area (Å²) >= 11 is 7.72. The van der Waals surface area contributed by atoms with Crippen LogP contribution in [0.15, 0.2) is 48.7 Å². The lowest BCUT2D eigenvalue weighted by Crippen LogP contribution is -2.26. The van der Waals surface area contributed by atoms with Crippen LogP contribution < -0.4 is 5.32 Å². The van der Waals surface area contributed by atoms with Gasteiger partial charge in [-0.2, -0.15) is 0 Å². The minimum atomic E-state index is -0.167. The van der Waals surface area contributed by atoms with Crippen LogP contribution in [0.4, 0.5) is 0 Å². The number of nitrogens with zero attached hydrogens (tertiary/aromatic N) is 1. The first-order valence-electron chi connectivity index (χ1n) is 6.55. The average molecular weight is 317 g/mol. The molecule has 5 heteroatoms. The van der Waals surface area contributed by atoms with Crippen LogP contribution in [0.3, 0.4) is 0 Å². The highest BCUT2D eigenvalue weighted by atomic mass is 35.5. The molecule has 2 aromatic heterocycles. The quantitative estimate of drug-likeness (QED) is 0.776. The molecular weight excluding hydrogens is 304 g/mol. The molecule has 3 aromatic rings. The maximum absolute atomic E-state index is 12.4. The van der Waals surface area contributed by atoms with E-state index in [1.54, 1.807) is 6.20 Å². The van der Waals surface area contributed by atoms with Gasteiger partial charge >= 0.3 is 0 Å². The Hall–Kier alpha value is -1.91. The van der Waals surface area contributed by atoms with E-state index < -0.39 is 0 Å². The zero-order valence-electron chi connectivity index (χ0n) is 11.3. The lowest BCUT2D eigenvalue weighted by Gasteiger charge is -2.12. The second-order valence-electron chi connectivity index (χ2n) is 4.69. The fraction of sp³-hybridized carbons (Fsp3) is 0.125. The molecule has 1 unspecified atom stereocenters. The molecule has 2 heterocycles. The standard InChI is InChI=1S/C16H13ClN2OS/c1-10(12-7-4-5-9-18-12)19-16(20)15-14(17)11-6-2-3-8-13(11)21-15/h2-10H,1H3,(H,19,20). The van der Waals surface area contributed by atoms with E-state index in [0.29, 0.717) is 9.90 Å². The maximum atomic E-state index is 12.4. The average Bonchev–Trinajstić information content (AvgIpc) is 2.86. The highest BCUT2D eigenvalue weighted by Crippen LogP contribution is 2.35. The molecule has 21 heavy (non-hydrogen) atoms. The number of carbonyl (C=O) groups excluding carboxylic acids is 1. The second kappa shape index (κ2) is 5.84. The smallest absolute Gasteiger partial charge is 0.263 e. The summed E-state index contributed by atoms with van der Waals surface area (Å²) in [5.74, 6) is -0.167. The lowest BCUT2D eigenvalue weighted by molar-refractivity contribution is 0.0943. The highest BCUT2D eigenvalue weighted by molar-refractivity contribution is 7.21. The Balaban J connectivity index is 1.86. The summed E-state index contributed by atoms with van der Waals surface area (Å²) in [6.07, 6.45) is 1.71. The molecule has 0 radical (unpaired) electrons. The third-order valence-electron chi connectivity index (χ3n) is 3.22. The molecule has 0 saturated carbocycles. The van der Waals surface area contributed by atoms with Gasteiger partial charge in [0.1, 0.15) is 4.88 Å². The van der Waals surface area contributed by atoms with E-state index in [0.717, 1.165) is 15.8 Å². The number of hydrogen-bond donors (Lipinski definition) is 1. The first-order valence-corrected chi connectivity index (χ1v) is 7.75. The number of amides is 1. The van der Waals surface area contributed by atoms with Crippen molar-refractivity contribution in [1.29, 1.82) is 0 Å². The summed E-state index contributed by atoms with van der Waals surface area (Å²) in [6, 6.07) is 13.2. The van der Waals surface area contributed by atoms with Gasteiger partial charge in [-0.15, -0.1) is 11.3 Å². The number of pyridine rings is 1. The molecule has 0 fully saturated rings. The van der Waals surface area contributed by atoms with E-state index in [1.165, 1.54) is 11.3 Å². The van der Waals surface area contributed by atoms with Crippen molar-refractivity contribution in [2.75, 3.05) is 0 Å². The Morgan fingerprint density at radius 2 is 2.00 bits per heavy atom. The van der Waals surface area contributed by atoms with E-state index in [1.807, 2.05) is 49.4 Å². The number of aromatic nitrogens is 1. The molecule has 106 valence electrons. The Morgan fingerprint density at radius 3 is 2.71 bits per heavy atom. The molecule has 3 nitrogen and oxygen atoms in total. The fourth-order valence-corrected chi connectivity index (χ4v) is 3.55. The van der Waals surface area contributed by atoms with Gasteiger partial charge in [0.05, 0.1) is 16.8 Å². The van der Waals surface area contributed by atoms with Gasteiger partial charge in [0, 0.05) is 16.3 Å². The minimum Gasteiger partial charge on any atom is -0.343 e. The monoisotopic (exact) mass is 316 g/mol. The second-order valence-corrected chi connectivity index (χ2v) is 6.12. The van der Waals surface area contributed by atoms with Crippen molar-refractivity contribution in [2.24, 2.45) is 0 Å². The zero-order valence-corrected chi connectivity index (χ0v) is 12.9. The van der Waals surface area contributed by atoms with Gasteiger partial charge in [-0.25, -0.2) is 0 Å². The van der Waals surface area contributed by atoms with Gasteiger partial charge in [0.25, 0.3) is 5.91 Å². The van der Waals surface area contributed by atoms with Crippen LogP contribution in [-0.4, -0.2) is 10.9 Å². The predicted molar refractivity (Wildman–Crippen MR) is 87.0 cm³/mol. The molecule has 1 atom stereocenters. The van der Waals surface area contributed by atoms with E-state index >= 15 is 0 Å². The van der Waals surface area contributed by atoms with Gasteiger partial charge in [0.2, 0.25) is 0 Å². The van der Waals surface area contributed by atoms with Gasteiger partial charge in [0.15, 0.2) is 0 Å². The fourth-order valence-electron chi connectivity index (χ4n) is 2.13. The van der Waals surface area contributed by atoms with E-state index in [4.69, 9.17) is 11.6 Å². The Morgan fingerprint density at radius 1 is 1.24 bits per heavy atom. The number of carbonyl (C=O) groups is 1. The van der Waals surface area contributed by atoms with Crippen LogP contribution in [0.5, 0.6) is 0 Å². The van der Waals surface area contributed by atoms with E-state index in [-0.39, 0.29) is 11.9 Å². The third kappa shape index (κ3) is 2.77. The van der Waals surface area contributed by atoms with Crippen molar-refractivity contribution in [2.45, 2.75) is 13.0 Å². The summed E-state index contributed by atoms with van der Waals surface area (Å²) in [5.41, 5.74) is 0.822. The summed E-state index contributed by atoms with van der Waals surface area (Å²) in [7, 11) is 0. The highest BCUT2D eigenvalue weighted by Gasteiger charge is 2.19. The molecule has 1 amide bonds. The van der Waals surface area contributed by atoms with Gasteiger partial charge in [-0.1, -0.05) is 35.9 Å². The van der Waals surface area contributed by atoms with Crippen LogP contribution in [0.1, 0.15) is 28.3 Å². The molecule has 1 aromatic carbocycles. The van der Waals surface area contributed by atoms with Crippen LogP contribution in [0.25, 0.3) is 10.1 Å².